The molecule has 0 aliphatic carbocycles. The number of fused-ring (bicyclic) bond motifs is 1. The van der Waals surface area contributed by atoms with Gasteiger partial charge in [0.05, 0.1) is 17.7 Å². The van der Waals surface area contributed by atoms with Gasteiger partial charge in [0, 0.05) is 37.9 Å². The van der Waals surface area contributed by atoms with Crippen molar-refractivity contribution in [3.8, 4) is 5.75 Å². The molecule has 0 spiro atoms. The minimum absolute atomic E-state index is 0.150. The highest BCUT2D eigenvalue weighted by Crippen LogP contribution is 2.59. The summed E-state index contributed by atoms with van der Waals surface area (Å²) in [4.78, 5) is 21.9. The third-order valence-electron chi connectivity index (χ3n) is 5.59. The van der Waals surface area contributed by atoms with Gasteiger partial charge in [-0.15, -0.1) is 0 Å². The number of carbonyl (C=O) groups is 2. The third kappa shape index (κ3) is 8.70. The van der Waals surface area contributed by atoms with Crippen LogP contribution in [0.5, 0.6) is 5.75 Å². The van der Waals surface area contributed by atoms with E-state index in [2.05, 4.69) is 31.0 Å². The summed E-state index contributed by atoms with van der Waals surface area (Å²) in [7, 11) is -6.75. The van der Waals surface area contributed by atoms with Gasteiger partial charge in [-0.2, -0.15) is 0 Å². The van der Waals surface area contributed by atoms with Gasteiger partial charge in [0.1, 0.15) is 0 Å². The van der Waals surface area contributed by atoms with E-state index >= 15 is 0 Å². The largest absolute Gasteiger partial charge is 0.491 e. The molecule has 2 amide bonds. The van der Waals surface area contributed by atoms with Gasteiger partial charge in [-0.3, -0.25) is 44.4 Å². The molecule has 11 nitrogen and oxygen atoms in total. The number of ether oxygens (including phenoxy) is 1. The summed E-state index contributed by atoms with van der Waals surface area (Å²) in [5, 5.41) is 17.1. The molecule has 0 fully saturated rings. The summed E-state index contributed by atoms with van der Waals surface area (Å²) in [6, 6.07) is 11.1. The first-order valence-corrected chi connectivity index (χ1v) is 17.0. The molecule has 0 atom stereocenters. The Labute approximate surface area is 235 Å². The molecule has 1 aliphatic rings. The van der Waals surface area contributed by atoms with E-state index < -0.39 is 26.2 Å². The third-order valence-corrected chi connectivity index (χ3v) is 12.3. The van der Waals surface area contributed by atoms with Crippen molar-refractivity contribution in [2.75, 3.05) is 38.1 Å². The second-order valence-electron chi connectivity index (χ2n) is 8.70. The zero-order valence-electron chi connectivity index (χ0n) is 23.7. The Balaban J connectivity index is 0.000000417. The SMILES string of the molecule is CCCOc1ccc(NC(P(=O)(NCC)NCC)P(=O)(NCC)NCC)cc1F.O=C1NC(=O)c2ccccc21. The van der Waals surface area contributed by atoms with Gasteiger partial charge in [-0.1, -0.05) is 46.8 Å². The van der Waals surface area contributed by atoms with Crippen LogP contribution < -0.4 is 35.7 Å². The lowest BCUT2D eigenvalue weighted by molar-refractivity contribution is 0.0879. The van der Waals surface area contributed by atoms with Gasteiger partial charge in [0.15, 0.2) is 17.1 Å². The van der Waals surface area contributed by atoms with Crippen molar-refractivity contribution in [1.82, 2.24) is 25.7 Å². The Bertz CT molecular complexity index is 1160. The van der Waals surface area contributed by atoms with Crippen LogP contribution in [0.25, 0.3) is 0 Å². The van der Waals surface area contributed by atoms with E-state index in [0.29, 0.717) is 49.6 Å². The summed E-state index contributed by atoms with van der Waals surface area (Å²) in [6.07, 6.45) is 0.768. The van der Waals surface area contributed by atoms with Gasteiger partial charge < -0.3 is 10.1 Å². The molecule has 3 rings (SSSR count). The van der Waals surface area contributed by atoms with E-state index in [-0.39, 0.29) is 17.6 Å². The lowest BCUT2D eigenvalue weighted by Crippen LogP contribution is -2.41. The van der Waals surface area contributed by atoms with Crippen molar-refractivity contribution in [2.45, 2.75) is 46.6 Å². The number of hydrogen-bond donors (Lipinski definition) is 6. The van der Waals surface area contributed by atoms with Crippen LogP contribution in [0.15, 0.2) is 42.5 Å². The Morgan fingerprint density at radius 1 is 0.800 bits per heavy atom. The maximum atomic E-state index is 14.4. The second-order valence-corrected chi connectivity index (χ2v) is 14.0. The molecule has 1 heterocycles. The van der Waals surface area contributed by atoms with E-state index in [4.69, 9.17) is 4.74 Å². The van der Waals surface area contributed by atoms with Crippen LogP contribution in [0.4, 0.5) is 10.1 Å². The maximum absolute atomic E-state index is 14.4. The molecule has 222 valence electrons. The van der Waals surface area contributed by atoms with Gasteiger partial charge in [0.2, 0.25) is 14.9 Å². The van der Waals surface area contributed by atoms with E-state index in [0.717, 1.165) is 6.42 Å². The lowest BCUT2D eigenvalue weighted by Gasteiger charge is -2.36. The highest BCUT2D eigenvalue weighted by atomic mass is 31.2. The number of rotatable bonds is 15. The van der Waals surface area contributed by atoms with Crippen molar-refractivity contribution in [3.63, 3.8) is 0 Å². The first-order valence-electron chi connectivity index (χ1n) is 13.4. The summed E-state index contributed by atoms with van der Waals surface area (Å²) >= 11 is 0. The monoisotopic (exact) mass is 598 g/mol. The van der Waals surface area contributed by atoms with Gasteiger partial charge in [-0.05, 0) is 30.7 Å². The Morgan fingerprint density at radius 3 is 1.68 bits per heavy atom. The summed E-state index contributed by atoms with van der Waals surface area (Å²) in [6.45, 7) is 11.3. The number of imide groups is 1. The average Bonchev–Trinajstić information content (AvgIpc) is 3.21. The van der Waals surface area contributed by atoms with Gasteiger partial charge in [-0.25, -0.2) is 4.39 Å². The molecule has 14 heteroatoms. The summed E-state index contributed by atoms with van der Waals surface area (Å²) in [5.74, 6) is -0.987. The fourth-order valence-corrected chi connectivity index (χ4v) is 10.3. The van der Waals surface area contributed by atoms with Crippen LogP contribution in [0.1, 0.15) is 61.8 Å². The van der Waals surface area contributed by atoms with Crippen molar-refractivity contribution < 1.29 is 27.8 Å². The van der Waals surface area contributed by atoms with E-state index in [1.165, 1.54) is 12.1 Å². The zero-order valence-corrected chi connectivity index (χ0v) is 25.5. The second kappa shape index (κ2) is 16.0. The molecule has 0 aromatic heterocycles. The molecule has 2 aromatic rings. The summed E-state index contributed by atoms with van der Waals surface area (Å²) in [5.41, 5.74) is 0.273. The number of amides is 2. The topological polar surface area (TPSA) is 150 Å². The predicted octanol–water partition coefficient (Wildman–Crippen LogP) is 4.70. The molecule has 0 saturated carbocycles. The van der Waals surface area contributed by atoms with Gasteiger partial charge >= 0.3 is 0 Å². The normalized spacial score (nSPS) is 13.0. The van der Waals surface area contributed by atoms with Crippen molar-refractivity contribution >= 4 is 32.4 Å². The molecule has 0 radical (unpaired) electrons. The Morgan fingerprint density at radius 2 is 1.27 bits per heavy atom. The quantitative estimate of drug-likeness (QED) is 0.126. The molecule has 0 saturated heterocycles. The summed E-state index contributed by atoms with van der Waals surface area (Å²) < 4.78 is 47.3. The van der Waals surface area contributed by atoms with E-state index in [9.17, 15) is 23.1 Å². The smallest absolute Gasteiger partial charge is 0.258 e. The fraction of sp³-hybridized carbons (Fsp3) is 0.462. The predicted molar refractivity (Wildman–Crippen MR) is 158 cm³/mol. The molecular weight excluding hydrogens is 557 g/mol. The van der Waals surface area contributed by atoms with Crippen LogP contribution in [-0.4, -0.2) is 50.1 Å². The number of anilines is 1. The standard InChI is InChI=1S/C18H36FN5O3P2.C8H5NO2/c1-6-13-27-17-12-11-15(14-16(17)19)24-18(28(25,20-7-2)21-8-3)29(26,22-9-4)23-10-5;10-7-5-3-1-2-4-6(5)8(11)9-7/h11-12,14,18,24H,6-10,13H2,1-5H3,(H2,20,21,25)(H2,22,23,26);1-4H,(H,9,10,11). The minimum atomic E-state index is -3.37. The van der Waals surface area contributed by atoms with Crippen LogP contribution >= 0.6 is 14.9 Å². The van der Waals surface area contributed by atoms with E-state index in [1.807, 2.05) is 34.6 Å². The van der Waals surface area contributed by atoms with Crippen LogP contribution in [0, 0.1) is 5.82 Å². The number of nitrogens with one attached hydrogen (secondary N) is 6. The minimum Gasteiger partial charge on any atom is -0.491 e. The van der Waals surface area contributed by atoms with Crippen molar-refractivity contribution in [3.05, 3.63) is 59.4 Å². The first kappa shape index (κ1) is 33.6. The van der Waals surface area contributed by atoms with Crippen LogP contribution in [0.3, 0.4) is 0 Å². The van der Waals surface area contributed by atoms with Gasteiger partial charge in [0.25, 0.3) is 11.8 Å². The molecule has 6 N–H and O–H groups in total. The number of halogens is 1. The fourth-order valence-electron chi connectivity index (χ4n) is 3.99. The molecule has 0 unspecified atom stereocenters. The average molecular weight is 599 g/mol. The van der Waals surface area contributed by atoms with E-state index in [1.54, 1.807) is 30.3 Å². The van der Waals surface area contributed by atoms with Crippen molar-refractivity contribution in [1.29, 1.82) is 0 Å². The highest BCUT2D eigenvalue weighted by molar-refractivity contribution is 7.78. The molecule has 40 heavy (non-hydrogen) atoms. The zero-order chi connectivity index (χ0) is 29.8. The number of carbonyl (C=O) groups excluding carboxylic acids is 2. The lowest BCUT2D eigenvalue weighted by atomic mass is 10.1. The highest BCUT2D eigenvalue weighted by Gasteiger charge is 2.45. The maximum Gasteiger partial charge on any atom is 0.258 e. The molecule has 0 bridgehead atoms. The molecule has 2 aromatic carbocycles. The number of hydrogen-bond acceptors (Lipinski definition) is 6. The molecule has 1 aliphatic heterocycles. The first-order chi connectivity index (χ1) is 19.1. The molecular formula is C26H41FN6O5P2. The number of benzene rings is 2. The van der Waals surface area contributed by atoms with Crippen LogP contribution in [-0.2, 0) is 9.13 Å². The Kier molecular flexibility index (Phi) is 13.4. The Hall–Kier alpha value is -2.59. The van der Waals surface area contributed by atoms with Crippen molar-refractivity contribution in [2.24, 2.45) is 0 Å². The van der Waals surface area contributed by atoms with Crippen LogP contribution in [0.2, 0.25) is 0 Å².